The van der Waals surface area contributed by atoms with E-state index in [-0.39, 0.29) is 17.9 Å². The fourth-order valence-corrected chi connectivity index (χ4v) is 2.88. The molecule has 20 heavy (non-hydrogen) atoms. The summed E-state index contributed by atoms with van der Waals surface area (Å²) in [4.78, 5) is 15.6. The molecule has 0 aromatic heterocycles. The van der Waals surface area contributed by atoms with Crippen LogP contribution in [-0.2, 0) is 6.54 Å². The number of piperazine rings is 1. The molecular formula is C14H15FN4O. The fourth-order valence-electron chi connectivity index (χ4n) is 2.88. The van der Waals surface area contributed by atoms with E-state index in [9.17, 15) is 9.18 Å². The van der Waals surface area contributed by atoms with Crippen molar-refractivity contribution in [2.45, 2.75) is 12.6 Å². The summed E-state index contributed by atoms with van der Waals surface area (Å²) in [5.41, 5.74) is 1.14. The molecule has 0 bridgehead atoms. The average molecular weight is 274 g/mol. The number of nitriles is 1. The molecule has 104 valence electrons. The molecule has 2 aliphatic heterocycles. The maximum Gasteiger partial charge on any atom is 0.317 e. The average Bonchev–Trinajstić information content (AvgIpc) is 2.79. The van der Waals surface area contributed by atoms with E-state index in [1.165, 1.54) is 12.1 Å². The van der Waals surface area contributed by atoms with Crippen molar-refractivity contribution in [2.75, 3.05) is 26.2 Å². The number of hydrogen-bond donors (Lipinski definition) is 1. The number of halogens is 1. The lowest BCUT2D eigenvalue weighted by Crippen LogP contribution is -2.51. The van der Waals surface area contributed by atoms with Gasteiger partial charge in [-0.25, -0.2) is 9.18 Å². The first-order chi connectivity index (χ1) is 9.65. The van der Waals surface area contributed by atoms with Gasteiger partial charge in [-0.2, -0.15) is 5.26 Å². The predicted molar refractivity (Wildman–Crippen MR) is 70.3 cm³/mol. The molecule has 1 N–H and O–H groups in total. The second-order valence-electron chi connectivity index (χ2n) is 5.23. The Balaban J connectivity index is 1.69. The van der Waals surface area contributed by atoms with Gasteiger partial charge in [0, 0.05) is 32.7 Å². The Morgan fingerprint density at radius 3 is 3.05 bits per heavy atom. The molecule has 1 aromatic carbocycles. The van der Waals surface area contributed by atoms with Gasteiger partial charge in [0.25, 0.3) is 0 Å². The molecule has 2 aliphatic rings. The molecule has 2 amide bonds. The molecule has 0 aliphatic carbocycles. The van der Waals surface area contributed by atoms with Gasteiger partial charge in [0.05, 0.1) is 17.7 Å². The van der Waals surface area contributed by atoms with Crippen LogP contribution in [0.5, 0.6) is 0 Å². The summed E-state index contributed by atoms with van der Waals surface area (Å²) in [6.07, 6.45) is 0. The van der Waals surface area contributed by atoms with Crippen LogP contribution in [0, 0.1) is 17.1 Å². The molecule has 1 aromatic rings. The van der Waals surface area contributed by atoms with Gasteiger partial charge in [-0.05, 0) is 23.8 Å². The van der Waals surface area contributed by atoms with Gasteiger partial charge in [0.15, 0.2) is 0 Å². The second-order valence-corrected chi connectivity index (χ2v) is 5.23. The number of amides is 2. The van der Waals surface area contributed by atoms with E-state index in [2.05, 4.69) is 10.2 Å². The summed E-state index contributed by atoms with van der Waals surface area (Å²) < 4.78 is 13.4. The summed E-state index contributed by atoms with van der Waals surface area (Å²) in [6, 6.07) is 6.58. The summed E-state index contributed by atoms with van der Waals surface area (Å²) in [5.74, 6) is -0.379. The number of carbonyl (C=O) groups is 1. The predicted octanol–water partition coefficient (Wildman–Crippen LogP) is 0.907. The lowest BCUT2D eigenvalue weighted by molar-refractivity contribution is 0.116. The highest BCUT2D eigenvalue weighted by Gasteiger charge is 2.35. The Morgan fingerprint density at radius 1 is 1.40 bits per heavy atom. The summed E-state index contributed by atoms with van der Waals surface area (Å²) >= 11 is 0. The Morgan fingerprint density at radius 2 is 2.25 bits per heavy atom. The standard InChI is InChI=1S/C14H15FN4O/c15-12-4-10(6-16)3-11(5-12)8-18-1-2-19-13(9-18)7-17-14(19)20/h3-5,13H,1-2,7-9H2,(H,17,20). The molecule has 0 saturated carbocycles. The van der Waals surface area contributed by atoms with E-state index in [1.54, 1.807) is 6.07 Å². The van der Waals surface area contributed by atoms with Crippen LogP contribution in [0.1, 0.15) is 11.1 Å². The van der Waals surface area contributed by atoms with Crippen molar-refractivity contribution < 1.29 is 9.18 Å². The third-order valence-electron chi connectivity index (χ3n) is 3.81. The van der Waals surface area contributed by atoms with Crippen LogP contribution < -0.4 is 5.32 Å². The first-order valence-electron chi connectivity index (χ1n) is 6.62. The van der Waals surface area contributed by atoms with Crippen LogP contribution >= 0.6 is 0 Å². The maximum atomic E-state index is 13.4. The normalized spacial score (nSPS) is 22.3. The van der Waals surface area contributed by atoms with Crippen molar-refractivity contribution in [3.05, 3.63) is 35.1 Å². The van der Waals surface area contributed by atoms with Gasteiger partial charge in [-0.3, -0.25) is 4.90 Å². The van der Waals surface area contributed by atoms with Crippen LogP contribution in [0.4, 0.5) is 9.18 Å². The number of nitrogens with zero attached hydrogens (tertiary/aromatic N) is 3. The minimum Gasteiger partial charge on any atom is -0.336 e. The minimum absolute atomic E-state index is 0.00664. The first kappa shape index (κ1) is 12.9. The monoisotopic (exact) mass is 274 g/mol. The molecule has 1 unspecified atom stereocenters. The molecule has 3 rings (SSSR count). The third kappa shape index (κ3) is 2.45. The molecule has 2 fully saturated rings. The van der Waals surface area contributed by atoms with E-state index in [1.807, 2.05) is 11.0 Å². The van der Waals surface area contributed by atoms with E-state index >= 15 is 0 Å². The van der Waals surface area contributed by atoms with Crippen molar-refractivity contribution in [1.29, 1.82) is 5.26 Å². The lowest BCUT2D eigenvalue weighted by Gasteiger charge is -2.36. The number of nitrogens with one attached hydrogen (secondary N) is 1. The van der Waals surface area contributed by atoms with Gasteiger partial charge in [-0.1, -0.05) is 0 Å². The zero-order valence-corrected chi connectivity index (χ0v) is 11.0. The van der Waals surface area contributed by atoms with Crippen LogP contribution in [0.15, 0.2) is 18.2 Å². The number of hydrogen-bond acceptors (Lipinski definition) is 3. The van der Waals surface area contributed by atoms with Gasteiger partial charge in [0.2, 0.25) is 0 Å². The Hall–Kier alpha value is -2.13. The number of carbonyl (C=O) groups excluding carboxylic acids is 1. The smallest absolute Gasteiger partial charge is 0.317 e. The van der Waals surface area contributed by atoms with Crippen LogP contribution in [0.2, 0.25) is 0 Å². The Labute approximate surface area is 116 Å². The summed E-state index contributed by atoms with van der Waals surface area (Å²) in [6.45, 7) is 3.50. The Bertz CT molecular complexity index is 583. The van der Waals surface area contributed by atoms with Crippen molar-refractivity contribution in [1.82, 2.24) is 15.1 Å². The van der Waals surface area contributed by atoms with Gasteiger partial charge in [-0.15, -0.1) is 0 Å². The second kappa shape index (κ2) is 5.10. The molecule has 0 radical (unpaired) electrons. The highest BCUT2D eigenvalue weighted by Crippen LogP contribution is 2.17. The molecule has 0 spiro atoms. The number of rotatable bonds is 2. The van der Waals surface area contributed by atoms with Gasteiger partial charge in [0.1, 0.15) is 5.82 Å². The SMILES string of the molecule is N#Cc1cc(F)cc(CN2CCN3C(=O)NCC3C2)c1. The van der Waals surface area contributed by atoms with Crippen molar-refractivity contribution in [2.24, 2.45) is 0 Å². The van der Waals surface area contributed by atoms with Crippen LogP contribution in [0.3, 0.4) is 0 Å². The topological polar surface area (TPSA) is 59.4 Å². The molecule has 2 saturated heterocycles. The van der Waals surface area contributed by atoms with E-state index in [0.29, 0.717) is 25.2 Å². The molecule has 5 nitrogen and oxygen atoms in total. The maximum absolute atomic E-state index is 13.4. The van der Waals surface area contributed by atoms with E-state index in [4.69, 9.17) is 5.26 Å². The number of urea groups is 1. The van der Waals surface area contributed by atoms with Gasteiger partial charge < -0.3 is 10.2 Å². The van der Waals surface area contributed by atoms with Gasteiger partial charge >= 0.3 is 6.03 Å². The van der Waals surface area contributed by atoms with E-state index in [0.717, 1.165) is 18.7 Å². The Kier molecular flexibility index (Phi) is 3.28. The summed E-state index contributed by atoms with van der Waals surface area (Å²) in [7, 11) is 0. The van der Waals surface area contributed by atoms with E-state index < -0.39 is 0 Å². The molecule has 2 heterocycles. The first-order valence-corrected chi connectivity index (χ1v) is 6.62. The highest BCUT2D eigenvalue weighted by atomic mass is 19.1. The van der Waals surface area contributed by atoms with Crippen molar-refractivity contribution in [3.63, 3.8) is 0 Å². The summed E-state index contributed by atoms with van der Waals surface area (Å²) in [5, 5.41) is 11.7. The minimum atomic E-state index is -0.379. The zero-order valence-electron chi connectivity index (χ0n) is 11.0. The number of benzene rings is 1. The number of fused-ring (bicyclic) bond motifs is 1. The largest absolute Gasteiger partial charge is 0.336 e. The quantitative estimate of drug-likeness (QED) is 0.872. The molecule has 6 heteroatoms. The highest BCUT2D eigenvalue weighted by molar-refractivity contribution is 5.77. The van der Waals surface area contributed by atoms with Crippen LogP contribution in [0.25, 0.3) is 0 Å². The molecular weight excluding hydrogens is 259 g/mol. The fraction of sp³-hybridized carbons (Fsp3) is 0.429. The van der Waals surface area contributed by atoms with Crippen molar-refractivity contribution >= 4 is 6.03 Å². The lowest BCUT2D eigenvalue weighted by atomic mass is 10.1. The van der Waals surface area contributed by atoms with Crippen LogP contribution in [-0.4, -0.2) is 48.1 Å². The zero-order chi connectivity index (χ0) is 14.1. The third-order valence-corrected chi connectivity index (χ3v) is 3.81. The molecule has 1 atom stereocenters. The van der Waals surface area contributed by atoms with Crippen molar-refractivity contribution in [3.8, 4) is 6.07 Å².